The van der Waals surface area contributed by atoms with Crippen LogP contribution >= 0.6 is 34.8 Å². The largest absolute Gasteiger partial charge is 0.377 e. The highest BCUT2D eigenvalue weighted by molar-refractivity contribution is 6.34. The number of carbonyl (C=O) groups is 1. The normalized spacial score (nSPS) is 23.7. The predicted octanol–water partition coefficient (Wildman–Crippen LogP) is 4.81. The maximum atomic E-state index is 12.5. The van der Waals surface area contributed by atoms with Crippen molar-refractivity contribution in [2.24, 2.45) is 0 Å². The number of aliphatic hydroxyl groups excluding tert-OH is 1. The van der Waals surface area contributed by atoms with Gasteiger partial charge in [-0.25, -0.2) is 0 Å². The molecule has 4 rings (SSSR count). The summed E-state index contributed by atoms with van der Waals surface area (Å²) >= 11 is 18.4. The van der Waals surface area contributed by atoms with Crippen molar-refractivity contribution in [1.29, 1.82) is 0 Å². The van der Waals surface area contributed by atoms with Crippen LogP contribution in [0.25, 0.3) is 6.08 Å². The molecule has 6 nitrogen and oxygen atoms in total. The van der Waals surface area contributed by atoms with E-state index >= 15 is 0 Å². The maximum Gasteiger partial charge on any atom is 0.244 e. The number of nitrogens with zero attached hydrogens (tertiary/aromatic N) is 2. The highest BCUT2D eigenvalue weighted by Gasteiger charge is 2.33. The standard InChI is InChI=1S/C28H35Cl3N4O2/c29-22-7-4-20(5-8-22)6-9-27(36)32-17-25-10-13-35(18-21-14-23(30)16-24(31)15-21)28(37)26(33-25)19-34-11-2-1-3-12-34/h4-9,14-16,25-26,28,33,37H,1-3,10-13,17-19H2,(H,32,36). The van der Waals surface area contributed by atoms with Gasteiger partial charge in [0.25, 0.3) is 0 Å². The average Bonchev–Trinajstić information content (AvgIpc) is 3.01. The van der Waals surface area contributed by atoms with Crippen molar-refractivity contribution in [3.8, 4) is 0 Å². The number of halogens is 3. The number of amides is 1. The lowest BCUT2D eigenvalue weighted by Crippen LogP contribution is -2.56. The van der Waals surface area contributed by atoms with E-state index in [-0.39, 0.29) is 18.0 Å². The monoisotopic (exact) mass is 564 g/mol. The summed E-state index contributed by atoms with van der Waals surface area (Å²) in [5.74, 6) is -0.153. The zero-order valence-corrected chi connectivity index (χ0v) is 23.2. The highest BCUT2D eigenvalue weighted by atomic mass is 35.5. The van der Waals surface area contributed by atoms with Gasteiger partial charge < -0.3 is 20.6 Å². The van der Waals surface area contributed by atoms with E-state index < -0.39 is 6.23 Å². The molecule has 1 amide bonds. The predicted molar refractivity (Wildman–Crippen MR) is 152 cm³/mol. The fourth-order valence-corrected chi connectivity index (χ4v) is 5.74. The maximum absolute atomic E-state index is 12.5. The van der Waals surface area contributed by atoms with Gasteiger partial charge in [0.1, 0.15) is 6.23 Å². The summed E-state index contributed by atoms with van der Waals surface area (Å²) in [5, 5.41) is 19.9. The van der Waals surface area contributed by atoms with Crippen LogP contribution in [0.3, 0.4) is 0 Å². The molecule has 0 spiro atoms. The molecule has 0 saturated carbocycles. The molecule has 2 aliphatic rings. The lowest BCUT2D eigenvalue weighted by molar-refractivity contribution is -0.116. The zero-order valence-electron chi connectivity index (χ0n) is 20.9. The molecule has 2 heterocycles. The summed E-state index contributed by atoms with van der Waals surface area (Å²) in [5.41, 5.74) is 1.88. The number of hydrogen-bond acceptors (Lipinski definition) is 5. The van der Waals surface area contributed by atoms with Crippen molar-refractivity contribution in [2.45, 2.75) is 50.5 Å². The summed E-state index contributed by atoms with van der Waals surface area (Å²) in [6.07, 6.45) is 7.05. The zero-order chi connectivity index (χ0) is 26.2. The second kappa shape index (κ2) is 13.9. The third kappa shape index (κ3) is 8.96. The van der Waals surface area contributed by atoms with Gasteiger partial charge in [0.2, 0.25) is 5.91 Å². The quantitative estimate of drug-likeness (QED) is 0.401. The van der Waals surface area contributed by atoms with E-state index in [4.69, 9.17) is 34.8 Å². The van der Waals surface area contributed by atoms with Crippen LogP contribution in [0.2, 0.25) is 15.1 Å². The molecule has 3 atom stereocenters. The topological polar surface area (TPSA) is 67.8 Å². The molecule has 2 aliphatic heterocycles. The number of likely N-dealkylation sites (tertiary alicyclic amines) is 1. The van der Waals surface area contributed by atoms with E-state index in [1.165, 1.54) is 25.3 Å². The molecule has 2 aromatic rings. The van der Waals surface area contributed by atoms with E-state index in [0.717, 1.165) is 37.2 Å². The number of piperidine rings is 1. The summed E-state index contributed by atoms with van der Waals surface area (Å²) in [7, 11) is 0. The van der Waals surface area contributed by atoms with Crippen LogP contribution in [0.1, 0.15) is 36.8 Å². The van der Waals surface area contributed by atoms with Crippen molar-refractivity contribution >= 4 is 46.8 Å². The van der Waals surface area contributed by atoms with Crippen LogP contribution in [-0.2, 0) is 11.3 Å². The van der Waals surface area contributed by atoms with Crippen molar-refractivity contribution in [3.63, 3.8) is 0 Å². The van der Waals surface area contributed by atoms with Crippen LogP contribution in [0.4, 0.5) is 0 Å². The number of hydrogen-bond donors (Lipinski definition) is 3. The summed E-state index contributed by atoms with van der Waals surface area (Å²) in [4.78, 5) is 17.0. The van der Waals surface area contributed by atoms with Gasteiger partial charge in [-0.3, -0.25) is 9.69 Å². The Labute approximate surface area is 234 Å². The Balaban J connectivity index is 1.40. The minimum atomic E-state index is -0.676. The Bertz CT molecular complexity index is 1040. The second-order valence-corrected chi connectivity index (χ2v) is 11.2. The van der Waals surface area contributed by atoms with Gasteiger partial charge in [-0.2, -0.15) is 0 Å². The fourth-order valence-electron chi connectivity index (χ4n) is 5.05. The van der Waals surface area contributed by atoms with E-state index in [1.807, 2.05) is 24.3 Å². The molecule has 2 saturated heterocycles. The number of rotatable bonds is 8. The molecule has 37 heavy (non-hydrogen) atoms. The number of nitrogens with one attached hydrogen (secondary N) is 2. The Hall–Kier alpha value is -1.64. The van der Waals surface area contributed by atoms with Crippen molar-refractivity contribution in [2.75, 3.05) is 32.7 Å². The van der Waals surface area contributed by atoms with Gasteiger partial charge in [0, 0.05) is 53.4 Å². The molecule has 0 radical (unpaired) electrons. The second-order valence-electron chi connectivity index (χ2n) is 9.91. The lowest BCUT2D eigenvalue weighted by Gasteiger charge is -2.36. The first kappa shape index (κ1) is 28.4. The SMILES string of the molecule is O=C(C=Cc1ccc(Cl)cc1)NCC1CCN(Cc2cc(Cl)cc(Cl)c2)C(O)C(CN2CCCCC2)N1. The van der Waals surface area contributed by atoms with Crippen LogP contribution < -0.4 is 10.6 Å². The summed E-state index contributed by atoms with van der Waals surface area (Å²) in [6, 6.07) is 12.7. The molecule has 2 aromatic carbocycles. The number of aliphatic hydroxyl groups is 1. The van der Waals surface area contributed by atoms with Crippen molar-refractivity contribution < 1.29 is 9.90 Å². The molecular weight excluding hydrogens is 531 g/mol. The molecule has 2 fully saturated rings. The smallest absolute Gasteiger partial charge is 0.244 e. The first-order chi connectivity index (χ1) is 17.9. The minimum Gasteiger partial charge on any atom is -0.377 e. The van der Waals surface area contributed by atoms with E-state index in [1.54, 1.807) is 24.3 Å². The summed E-state index contributed by atoms with van der Waals surface area (Å²) < 4.78 is 0. The summed E-state index contributed by atoms with van der Waals surface area (Å²) in [6.45, 7) is 4.55. The first-order valence-corrected chi connectivity index (χ1v) is 14.1. The highest BCUT2D eigenvalue weighted by Crippen LogP contribution is 2.23. The van der Waals surface area contributed by atoms with Crippen LogP contribution in [0.5, 0.6) is 0 Å². The molecule has 0 bridgehead atoms. The Morgan fingerprint density at radius 3 is 2.41 bits per heavy atom. The number of carbonyl (C=O) groups excluding carboxylic acids is 1. The minimum absolute atomic E-state index is 0.0327. The number of benzene rings is 2. The molecule has 200 valence electrons. The van der Waals surface area contributed by atoms with Gasteiger partial charge in [0.15, 0.2) is 0 Å². The Kier molecular flexibility index (Phi) is 10.7. The molecule has 9 heteroatoms. The van der Waals surface area contributed by atoms with Crippen LogP contribution in [-0.4, -0.2) is 71.8 Å². The van der Waals surface area contributed by atoms with Gasteiger partial charge in [-0.1, -0.05) is 53.4 Å². The third-order valence-corrected chi connectivity index (χ3v) is 7.67. The Morgan fingerprint density at radius 2 is 1.70 bits per heavy atom. The van der Waals surface area contributed by atoms with Crippen LogP contribution in [0.15, 0.2) is 48.5 Å². The fraction of sp³-hybridized carbons (Fsp3) is 0.464. The van der Waals surface area contributed by atoms with E-state index in [9.17, 15) is 9.90 Å². The van der Waals surface area contributed by atoms with Crippen molar-refractivity contribution in [3.05, 3.63) is 74.7 Å². The third-order valence-electron chi connectivity index (χ3n) is 6.98. The van der Waals surface area contributed by atoms with E-state index in [2.05, 4.69) is 20.4 Å². The average molecular weight is 566 g/mol. The van der Waals surface area contributed by atoms with Crippen LogP contribution in [0, 0.1) is 0 Å². The van der Waals surface area contributed by atoms with Crippen molar-refractivity contribution in [1.82, 2.24) is 20.4 Å². The lowest BCUT2D eigenvalue weighted by atomic mass is 10.1. The van der Waals surface area contributed by atoms with Gasteiger partial charge >= 0.3 is 0 Å². The first-order valence-electron chi connectivity index (χ1n) is 12.9. The van der Waals surface area contributed by atoms with Gasteiger partial charge in [-0.05, 0) is 79.9 Å². The van der Waals surface area contributed by atoms with Gasteiger partial charge in [-0.15, -0.1) is 0 Å². The van der Waals surface area contributed by atoms with E-state index in [0.29, 0.717) is 34.7 Å². The molecule has 3 N–H and O–H groups in total. The molecule has 0 aromatic heterocycles. The molecule has 0 aliphatic carbocycles. The molecule has 3 unspecified atom stereocenters. The molecular formula is C28H35Cl3N4O2. The Morgan fingerprint density at radius 1 is 1.00 bits per heavy atom. The van der Waals surface area contributed by atoms with Gasteiger partial charge in [0.05, 0.1) is 6.04 Å².